The number of alkyl halides is 1. The highest BCUT2D eigenvalue weighted by Crippen LogP contribution is 2.64. The average Bonchev–Trinajstić information content (AvgIpc) is 2.50. The van der Waals surface area contributed by atoms with Crippen molar-refractivity contribution >= 4 is 17.4 Å². The van der Waals surface area contributed by atoms with Crippen molar-refractivity contribution in [2.75, 3.05) is 0 Å². The minimum Gasteiger partial charge on any atom is -0.292 e. The zero-order valence-corrected chi connectivity index (χ0v) is 12.9. The number of Topliss-reactive ketones (excluding diaryl/α,β-unsaturated/α-hetero) is 1. The van der Waals surface area contributed by atoms with Crippen LogP contribution in [0.1, 0.15) is 61.5 Å². The fourth-order valence-corrected chi connectivity index (χ4v) is 4.74. The molecule has 2 heteroatoms. The van der Waals surface area contributed by atoms with E-state index in [1.165, 1.54) is 11.1 Å². The number of halogens is 1. The highest BCUT2D eigenvalue weighted by Gasteiger charge is 2.67. The molecule has 19 heavy (non-hydrogen) atoms. The molecular formula is C17H21ClO. The van der Waals surface area contributed by atoms with E-state index in [9.17, 15) is 4.79 Å². The molecule has 0 spiro atoms. The van der Waals surface area contributed by atoms with Gasteiger partial charge in [-0.1, -0.05) is 51.0 Å². The van der Waals surface area contributed by atoms with Crippen molar-refractivity contribution in [3.63, 3.8) is 0 Å². The summed E-state index contributed by atoms with van der Waals surface area (Å²) in [6, 6.07) is 6.15. The number of hydrogen-bond donors (Lipinski definition) is 0. The molecule has 1 nitrogen and oxygen atoms in total. The Labute approximate surface area is 120 Å². The van der Waals surface area contributed by atoms with Gasteiger partial charge in [0.15, 0.2) is 5.78 Å². The Morgan fingerprint density at radius 2 is 1.84 bits per heavy atom. The number of aryl methyl sites for hydroxylation is 1. The topological polar surface area (TPSA) is 17.1 Å². The Morgan fingerprint density at radius 3 is 2.53 bits per heavy atom. The molecule has 1 saturated carbocycles. The van der Waals surface area contributed by atoms with Crippen LogP contribution in [0.3, 0.4) is 0 Å². The van der Waals surface area contributed by atoms with Crippen molar-refractivity contribution < 1.29 is 4.79 Å². The van der Waals surface area contributed by atoms with E-state index in [1.54, 1.807) is 0 Å². The summed E-state index contributed by atoms with van der Waals surface area (Å²) in [5.41, 5.74) is 2.83. The van der Waals surface area contributed by atoms with E-state index in [1.807, 2.05) is 12.1 Å². The number of benzene rings is 1. The maximum Gasteiger partial charge on any atom is 0.185 e. The van der Waals surface area contributed by atoms with Crippen LogP contribution in [0.15, 0.2) is 18.2 Å². The number of carbonyl (C=O) groups is 1. The van der Waals surface area contributed by atoms with Gasteiger partial charge in [-0.3, -0.25) is 4.79 Å². The first-order chi connectivity index (χ1) is 8.74. The maximum atomic E-state index is 13.0. The van der Waals surface area contributed by atoms with Crippen LogP contribution in [0.4, 0.5) is 0 Å². The Bertz CT molecular complexity index is 575. The highest BCUT2D eigenvalue weighted by molar-refractivity contribution is 6.41. The second-order valence-electron chi connectivity index (χ2n) is 7.11. The van der Waals surface area contributed by atoms with Crippen LogP contribution < -0.4 is 0 Å². The van der Waals surface area contributed by atoms with Gasteiger partial charge in [-0.15, -0.1) is 11.6 Å². The van der Waals surface area contributed by atoms with Gasteiger partial charge in [0.05, 0.1) is 0 Å². The SMILES string of the molecule is Cc1ccc2c(c1)C1(C)CCCC(C)(C)C1(Cl)C2=O. The number of rotatable bonds is 0. The lowest BCUT2D eigenvalue weighted by atomic mass is 9.56. The molecule has 0 N–H and O–H groups in total. The van der Waals surface area contributed by atoms with Crippen LogP contribution in [-0.2, 0) is 5.41 Å². The smallest absolute Gasteiger partial charge is 0.185 e. The number of carbonyl (C=O) groups excluding carboxylic acids is 1. The van der Waals surface area contributed by atoms with Gasteiger partial charge in [0, 0.05) is 11.0 Å². The molecule has 0 aromatic heterocycles. The fourth-order valence-electron chi connectivity index (χ4n) is 4.35. The van der Waals surface area contributed by atoms with Gasteiger partial charge in [-0.05, 0) is 30.7 Å². The molecule has 0 saturated heterocycles. The van der Waals surface area contributed by atoms with Crippen molar-refractivity contribution in [2.24, 2.45) is 5.41 Å². The molecule has 3 rings (SSSR count). The Balaban J connectivity index is 2.32. The molecule has 2 aliphatic rings. The van der Waals surface area contributed by atoms with Crippen molar-refractivity contribution in [3.8, 4) is 0 Å². The zero-order chi connectivity index (χ0) is 14.1. The van der Waals surface area contributed by atoms with Gasteiger partial charge >= 0.3 is 0 Å². The summed E-state index contributed by atoms with van der Waals surface area (Å²) >= 11 is 7.02. The fraction of sp³-hybridized carbons (Fsp3) is 0.588. The minimum atomic E-state index is -0.783. The lowest BCUT2D eigenvalue weighted by Crippen LogP contribution is -2.58. The molecule has 0 heterocycles. The first-order valence-corrected chi connectivity index (χ1v) is 7.47. The van der Waals surface area contributed by atoms with Crippen LogP contribution in [0.5, 0.6) is 0 Å². The summed E-state index contributed by atoms with van der Waals surface area (Å²) in [6.45, 7) is 8.56. The largest absolute Gasteiger partial charge is 0.292 e. The summed E-state index contributed by atoms with van der Waals surface area (Å²) in [6.07, 6.45) is 3.16. The van der Waals surface area contributed by atoms with Crippen LogP contribution in [-0.4, -0.2) is 10.7 Å². The third-order valence-corrected chi connectivity index (χ3v) is 6.60. The van der Waals surface area contributed by atoms with Crippen LogP contribution in [0.2, 0.25) is 0 Å². The van der Waals surface area contributed by atoms with Crippen molar-refractivity contribution in [1.82, 2.24) is 0 Å². The van der Waals surface area contributed by atoms with Gasteiger partial charge in [0.2, 0.25) is 0 Å². The summed E-state index contributed by atoms with van der Waals surface area (Å²) < 4.78 is 0. The average molecular weight is 277 g/mol. The second-order valence-corrected chi connectivity index (χ2v) is 7.67. The van der Waals surface area contributed by atoms with Crippen LogP contribution in [0, 0.1) is 12.3 Å². The Hall–Kier alpha value is -0.820. The van der Waals surface area contributed by atoms with Gasteiger partial charge in [-0.2, -0.15) is 0 Å². The summed E-state index contributed by atoms with van der Waals surface area (Å²) in [5, 5.41) is 0. The zero-order valence-electron chi connectivity index (χ0n) is 12.1. The summed E-state index contributed by atoms with van der Waals surface area (Å²) in [4.78, 5) is 12.2. The molecule has 0 amide bonds. The quantitative estimate of drug-likeness (QED) is 0.631. The third kappa shape index (κ3) is 1.35. The molecule has 1 fully saturated rings. The monoisotopic (exact) mass is 276 g/mol. The Morgan fingerprint density at radius 1 is 1.16 bits per heavy atom. The predicted octanol–water partition coefficient (Wildman–Crippen LogP) is 4.64. The van der Waals surface area contributed by atoms with E-state index < -0.39 is 4.87 Å². The number of hydrogen-bond acceptors (Lipinski definition) is 1. The normalized spacial score (nSPS) is 35.9. The molecule has 2 atom stereocenters. The van der Waals surface area contributed by atoms with E-state index in [0.717, 1.165) is 24.8 Å². The van der Waals surface area contributed by atoms with E-state index in [4.69, 9.17) is 11.6 Å². The standard InChI is InChI=1S/C17H21ClO/c1-11-6-7-12-13(10-11)16(4)9-5-8-15(2,3)17(16,18)14(12)19/h6-7,10H,5,8-9H2,1-4H3. The lowest BCUT2D eigenvalue weighted by molar-refractivity contribution is 0.0618. The van der Waals surface area contributed by atoms with Crippen LogP contribution in [0.25, 0.3) is 0 Å². The molecule has 1 aromatic carbocycles. The number of fused-ring (bicyclic) bond motifs is 3. The first kappa shape index (κ1) is 13.2. The molecule has 0 bridgehead atoms. The summed E-state index contributed by atoms with van der Waals surface area (Å²) in [7, 11) is 0. The van der Waals surface area contributed by atoms with Crippen molar-refractivity contribution in [2.45, 2.75) is 57.2 Å². The molecular weight excluding hydrogens is 256 g/mol. The predicted molar refractivity (Wildman–Crippen MR) is 79.1 cm³/mol. The highest BCUT2D eigenvalue weighted by atomic mass is 35.5. The van der Waals surface area contributed by atoms with E-state index >= 15 is 0 Å². The molecule has 2 aliphatic carbocycles. The number of ketones is 1. The van der Waals surface area contributed by atoms with Crippen molar-refractivity contribution in [1.29, 1.82) is 0 Å². The molecule has 102 valence electrons. The second kappa shape index (κ2) is 3.63. The maximum absolute atomic E-state index is 13.0. The van der Waals surface area contributed by atoms with E-state index in [0.29, 0.717) is 0 Å². The van der Waals surface area contributed by atoms with Gasteiger partial charge < -0.3 is 0 Å². The third-order valence-electron chi connectivity index (χ3n) is 5.50. The van der Waals surface area contributed by atoms with E-state index in [2.05, 4.69) is 33.8 Å². The molecule has 0 radical (unpaired) electrons. The van der Waals surface area contributed by atoms with Crippen LogP contribution >= 0.6 is 11.6 Å². The first-order valence-electron chi connectivity index (χ1n) is 7.09. The van der Waals surface area contributed by atoms with Gasteiger partial charge in [0.25, 0.3) is 0 Å². The molecule has 1 aromatic rings. The molecule has 0 aliphatic heterocycles. The van der Waals surface area contributed by atoms with Gasteiger partial charge in [-0.25, -0.2) is 0 Å². The minimum absolute atomic E-state index is 0.136. The van der Waals surface area contributed by atoms with E-state index in [-0.39, 0.29) is 16.6 Å². The summed E-state index contributed by atoms with van der Waals surface area (Å²) in [5.74, 6) is 0.136. The Kier molecular flexibility index (Phi) is 2.52. The lowest BCUT2D eigenvalue weighted by Gasteiger charge is -2.52. The van der Waals surface area contributed by atoms with Crippen molar-refractivity contribution in [3.05, 3.63) is 34.9 Å². The molecule has 2 unspecified atom stereocenters. The van der Waals surface area contributed by atoms with Gasteiger partial charge in [0.1, 0.15) is 4.87 Å².